The highest BCUT2D eigenvalue weighted by atomic mass is 15.3. The lowest BCUT2D eigenvalue weighted by molar-refractivity contribution is -0.557. The summed E-state index contributed by atoms with van der Waals surface area (Å²) in [5.41, 5.74) is 0. The van der Waals surface area contributed by atoms with Crippen LogP contribution in [0.25, 0.3) is 0 Å². The molecule has 0 unspecified atom stereocenters. The van der Waals surface area contributed by atoms with Gasteiger partial charge in [-0.05, 0) is 51.4 Å². The first-order valence-corrected chi connectivity index (χ1v) is 7.80. The first kappa shape index (κ1) is 11.6. The summed E-state index contributed by atoms with van der Waals surface area (Å²) in [6, 6.07) is 1.75. The van der Waals surface area contributed by atoms with Crippen molar-refractivity contribution in [2.45, 2.75) is 76.3 Å². The second kappa shape index (κ2) is 5.41. The van der Waals surface area contributed by atoms with Gasteiger partial charge in [-0.15, -0.1) is 0 Å². The molecule has 96 valence electrons. The lowest BCUT2D eigenvalue weighted by Gasteiger charge is -2.24. The van der Waals surface area contributed by atoms with Gasteiger partial charge in [-0.25, -0.2) is 0 Å². The van der Waals surface area contributed by atoms with E-state index in [1.165, 1.54) is 77.3 Å². The summed E-state index contributed by atoms with van der Waals surface area (Å²) in [6.07, 6.45) is 17.0. The molecule has 2 fully saturated rings. The summed E-state index contributed by atoms with van der Waals surface area (Å²) in [4.78, 5) is 2.66. The van der Waals surface area contributed by atoms with Crippen molar-refractivity contribution in [3.05, 3.63) is 0 Å². The van der Waals surface area contributed by atoms with Crippen molar-refractivity contribution < 1.29 is 4.58 Å². The van der Waals surface area contributed by atoms with Crippen LogP contribution in [0.1, 0.15) is 64.2 Å². The molecule has 0 N–H and O–H groups in total. The highest BCUT2D eigenvalue weighted by molar-refractivity contribution is 5.51. The summed E-state index contributed by atoms with van der Waals surface area (Å²) in [6.45, 7) is 2.59. The third kappa shape index (κ3) is 2.66. The molecular formula is C15H27N2+. The molecule has 0 aromatic rings. The minimum absolute atomic E-state index is 0.873. The Morgan fingerprint density at radius 2 is 1.47 bits per heavy atom. The van der Waals surface area contributed by atoms with E-state index in [4.69, 9.17) is 0 Å². The van der Waals surface area contributed by atoms with Crippen LogP contribution in [0.4, 0.5) is 0 Å². The van der Waals surface area contributed by atoms with Gasteiger partial charge in [0.25, 0.3) is 0 Å². The van der Waals surface area contributed by atoms with Crippen LogP contribution in [0.5, 0.6) is 0 Å². The largest absolute Gasteiger partial charge is 0.262 e. The third-order valence-corrected chi connectivity index (χ3v) is 5.00. The zero-order valence-corrected chi connectivity index (χ0v) is 11.1. The fraction of sp³-hybridized carbons (Fsp3) is 0.933. The summed E-state index contributed by atoms with van der Waals surface area (Å²) >= 11 is 0. The summed E-state index contributed by atoms with van der Waals surface area (Å²) < 4.78 is 2.66. The van der Waals surface area contributed by atoms with Gasteiger partial charge in [-0.1, -0.05) is 12.8 Å². The molecule has 2 heteroatoms. The number of rotatable bonds is 2. The van der Waals surface area contributed by atoms with Gasteiger partial charge in [0.15, 0.2) is 0 Å². The van der Waals surface area contributed by atoms with Crippen molar-refractivity contribution in [3.63, 3.8) is 0 Å². The summed E-state index contributed by atoms with van der Waals surface area (Å²) in [7, 11) is 0. The van der Waals surface area contributed by atoms with Gasteiger partial charge in [-0.3, -0.25) is 9.48 Å². The molecule has 0 saturated heterocycles. The van der Waals surface area contributed by atoms with E-state index in [9.17, 15) is 0 Å². The highest BCUT2D eigenvalue weighted by Crippen LogP contribution is 2.25. The Kier molecular flexibility index (Phi) is 3.68. The molecule has 0 atom stereocenters. The fourth-order valence-corrected chi connectivity index (χ4v) is 3.92. The Hall–Kier alpha value is -0.530. The molecule has 0 aromatic carbocycles. The standard InChI is InChI=1S/C15H27N2/c1-3-7-14(8-4-1)16-11-12-17(13-16)15-9-5-2-6-10-15/h13-15H,1-12H2/q+1. The zero-order valence-electron chi connectivity index (χ0n) is 11.1. The maximum atomic E-state index is 2.66. The summed E-state index contributed by atoms with van der Waals surface area (Å²) in [5.74, 6) is 0. The van der Waals surface area contributed by atoms with Crippen LogP contribution in [0.15, 0.2) is 0 Å². The van der Waals surface area contributed by atoms with E-state index in [1.54, 1.807) is 0 Å². The van der Waals surface area contributed by atoms with Crippen LogP contribution in [-0.4, -0.2) is 41.0 Å². The number of hydrogen-bond donors (Lipinski definition) is 0. The van der Waals surface area contributed by atoms with Crippen molar-refractivity contribution in [2.24, 2.45) is 0 Å². The Bertz CT molecular complexity index is 273. The summed E-state index contributed by atoms with van der Waals surface area (Å²) in [5, 5.41) is 0. The van der Waals surface area contributed by atoms with Crippen molar-refractivity contribution in [3.8, 4) is 0 Å². The normalized spacial score (nSPS) is 28.5. The zero-order chi connectivity index (χ0) is 11.5. The van der Waals surface area contributed by atoms with Crippen molar-refractivity contribution >= 4 is 6.34 Å². The minimum atomic E-state index is 0.873. The maximum absolute atomic E-state index is 2.66. The molecule has 0 aromatic heterocycles. The molecule has 0 spiro atoms. The van der Waals surface area contributed by atoms with E-state index in [0.29, 0.717) is 0 Å². The molecule has 2 nitrogen and oxygen atoms in total. The van der Waals surface area contributed by atoms with Crippen LogP contribution in [0.3, 0.4) is 0 Å². The molecular weight excluding hydrogens is 208 g/mol. The average Bonchev–Trinajstić information content (AvgIpc) is 2.90. The van der Waals surface area contributed by atoms with Crippen LogP contribution < -0.4 is 0 Å². The molecule has 0 radical (unpaired) electrons. The average molecular weight is 235 g/mol. The lowest BCUT2D eigenvalue weighted by Crippen LogP contribution is -2.34. The van der Waals surface area contributed by atoms with Gasteiger partial charge >= 0.3 is 0 Å². The van der Waals surface area contributed by atoms with Gasteiger partial charge in [-0.2, -0.15) is 0 Å². The van der Waals surface area contributed by atoms with Crippen LogP contribution >= 0.6 is 0 Å². The molecule has 17 heavy (non-hydrogen) atoms. The monoisotopic (exact) mass is 235 g/mol. The molecule has 3 aliphatic rings. The maximum Gasteiger partial charge on any atom is 0.234 e. The quantitative estimate of drug-likeness (QED) is 0.667. The fourth-order valence-electron chi connectivity index (χ4n) is 3.92. The van der Waals surface area contributed by atoms with E-state index in [2.05, 4.69) is 15.8 Å². The Labute approximate surface area is 106 Å². The molecule has 0 amide bonds. The molecule has 0 bridgehead atoms. The smallest absolute Gasteiger partial charge is 0.234 e. The van der Waals surface area contributed by atoms with Gasteiger partial charge in [0.2, 0.25) is 6.34 Å². The first-order chi connectivity index (χ1) is 8.43. The topological polar surface area (TPSA) is 6.25 Å². The van der Waals surface area contributed by atoms with E-state index in [0.717, 1.165) is 12.1 Å². The molecule has 1 heterocycles. The predicted octanol–water partition coefficient (Wildman–Crippen LogP) is 3.01. The highest BCUT2D eigenvalue weighted by Gasteiger charge is 2.32. The lowest BCUT2D eigenvalue weighted by atomic mass is 9.94. The van der Waals surface area contributed by atoms with E-state index < -0.39 is 0 Å². The number of hydrogen-bond acceptors (Lipinski definition) is 1. The van der Waals surface area contributed by atoms with E-state index in [-0.39, 0.29) is 0 Å². The first-order valence-electron chi connectivity index (χ1n) is 7.80. The minimum Gasteiger partial charge on any atom is -0.262 e. The predicted molar refractivity (Wildman–Crippen MR) is 71.6 cm³/mol. The second-order valence-electron chi connectivity index (χ2n) is 6.17. The van der Waals surface area contributed by atoms with Crippen LogP contribution in [-0.2, 0) is 0 Å². The van der Waals surface area contributed by atoms with Gasteiger partial charge in [0.1, 0.15) is 13.1 Å². The second-order valence-corrected chi connectivity index (χ2v) is 6.17. The molecule has 3 rings (SSSR count). The van der Waals surface area contributed by atoms with Crippen molar-refractivity contribution in [1.29, 1.82) is 0 Å². The number of nitrogens with zero attached hydrogens (tertiary/aromatic N) is 2. The van der Waals surface area contributed by atoms with Crippen LogP contribution in [0, 0.1) is 0 Å². The van der Waals surface area contributed by atoms with Gasteiger partial charge in [0, 0.05) is 0 Å². The molecule has 2 aliphatic carbocycles. The SMILES string of the molecule is C1=[N+](C2CCCCC2)CCN1C1CCCCC1. The van der Waals surface area contributed by atoms with Gasteiger partial charge < -0.3 is 0 Å². The van der Waals surface area contributed by atoms with Crippen molar-refractivity contribution in [2.75, 3.05) is 13.1 Å². The van der Waals surface area contributed by atoms with E-state index in [1.807, 2.05) is 0 Å². The third-order valence-electron chi connectivity index (χ3n) is 5.00. The molecule has 2 saturated carbocycles. The van der Waals surface area contributed by atoms with Crippen LogP contribution in [0.2, 0.25) is 0 Å². The van der Waals surface area contributed by atoms with Gasteiger partial charge in [0.05, 0.1) is 12.1 Å². The Balaban J connectivity index is 1.59. The molecule has 1 aliphatic heterocycles. The van der Waals surface area contributed by atoms with Crippen molar-refractivity contribution in [1.82, 2.24) is 4.90 Å². The Morgan fingerprint density at radius 1 is 0.824 bits per heavy atom. The van der Waals surface area contributed by atoms with E-state index >= 15 is 0 Å². The Morgan fingerprint density at radius 3 is 2.18 bits per heavy atom.